The summed E-state index contributed by atoms with van der Waals surface area (Å²) in [5.41, 5.74) is 0. The maximum atomic E-state index is 12.3. The molecule has 2 aliphatic rings. The highest BCUT2D eigenvalue weighted by atomic mass is 16.5. The van der Waals surface area contributed by atoms with Crippen LogP contribution in [-0.4, -0.2) is 54.3 Å². The minimum atomic E-state index is 0.326. The minimum Gasteiger partial charge on any atom is -0.480 e. The van der Waals surface area contributed by atoms with Crippen LogP contribution in [0.15, 0.2) is 12.1 Å². The summed E-state index contributed by atoms with van der Waals surface area (Å²) in [7, 11) is 1.58. The molecule has 1 amide bonds. The first kappa shape index (κ1) is 15.1. The fourth-order valence-electron chi connectivity index (χ4n) is 3.37. The van der Waals surface area contributed by atoms with Gasteiger partial charge >= 0.3 is 0 Å². The average Bonchev–Trinajstić information content (AvgIpc) is 3.08. The molecule has 0 atom stereocenters. The maximum Gasteiger partial charge on any atom is 0.233 e. The van der Waals surface area contributed by atoms with Gasteiger partial charge in [-0.3, -0.25) is 4.79 Å². The first-order valence-electron chi connectivity index (χ1n) is 8.16. The van der Waals surface area contributed by atoms with Crippen LogP contribution in [0.5, 0.6) is 5.88 Å². The van der Waals surface area contributed by atoms with E-state index in [-0.39, 0.29) is 0 Å². The average molecular weight is 304 g/mol. The Kier molecular flexibility index (Phi) is 4.75. The van der Waals surface area contributed by atoms with E-state index in [9.17, 15) is 4.79 Å². The van der Waals surface area contributed by atoms with Crippen molar-refractivity contribution in [1.29, 1.82) is 0 Å². The number of hydrogen-bond acceptors (Lipinski definition) is 5. The third kappa shape index (κ3) is 3.48. The topological polar surface area (TPSA) is 58.6 Å². The van der Waals surface area contributed by atoms with Gasteiger partial charge in [-0.15, -0.1) is 10.2 Å². The summed E-state index contributed by atoms with van der Waals surface area (Å²) >= 11 is 0. The lowest BCUT2D eigenvalue weighted by atomic mass is 10.0. The van der Waals surface area contributed by atoms with E-state index in [1.165, 1.54) is 25.7 Å². The van der Waals surface area contributed by atoms with Crippen LogP contribution < -0.4 is 9.64 Å². The highest BCUT2D eigenvalue weighted by molar-refractivity contribution is 5.76. The van der Waals surface area contributed by atoms with Gasteiger partial charge in [-0.25, -0.2) is 0 Å². The Morgan fingerprint density at radius 1 is 1.18 bits per heavy atom. The predicted octanol–water partition coefficient (Wildman–Crippen LogP) is 1.71. The van der Waals surface area contributed by atoms with Crippen molar-refractivity contribution < 1.29 is 9.53 Å². The molecule has 2 fully saturated rings. The molecule has 1 aliphatic carbocycles. The fraction of sp³-hybridized carbons (Fsp3) is 0.688. The summed E-state index contributed by atoms with van der Waals surface area (Å²) in [5.74, 6) is 2.32. The van der Waals surface area contributed by atoms with Crippen LogP contribution >= 0.6 is 0 Å². The van der Waals surface area contributed by atoms with Crippen LogP contribution in [0.25, 0.3) is 0 Å². The maximum absolute atomic E-state index is 12.3. The molecular formula is C16H24N4O2. The lowest BCUT2D eigenvalue weighted by molar-refractivity contribution is -0.132. The molecule has 0 bridgehead atoms. The number of anilines is 1. The van der Waals surface area contributed by atoms with Crippen molar-refractivity contribution in [2.75, 3.05) is 38.2 Å². The molecule has 22 heavy (non-hydrogen) atoms. The van der Waals surface area contributed by atoms with Crippen molar-refractivity contribution in [1.82, 2.24) is 15.1 Å². The molecule has 2 heterocycles. The highest BCUT2D eigenvalue weighted by Gasteiger charge is 2.25. The zero-order chi connectivity index (χ0) is 15.4. The molecular weight excluding hydrogens is 280 g/mol. The van der Waals surface area contributed by atoms with E-state index in [0.717, 1.165) is 38.4 Å². The van der Waals surface area contributed by atoms with Crippen LogP contribution in [0.2, 0.25) is 0 Å². The van der Waals surface area contributed by atoms with Gasteiger partial charge in [0.2, 0.25) is 11.8 Å². The van der Waals surface area contributed by atoms with Gasteiger partial charge in [0, 0.05) is 38.7 Å². The number of methoxy groups -OCH3 is 1. The molecule has 0 radical (unpaired) electrons. The van der Waals surface area contributed by atoms with E-state index < -0.39 is 0 Å². The molecule has 6 nitrogen and oxygen atoms in total. The van der Waals surface area contributed by atoms with Crippen LogP contribution in [0.3, 0.4) is 0 Å². The second kappa shape index (κ2) is 6.94. The smallest absolute Gasteiger partial charge is 0.233 e. The van der Waals surface area contributed by atoms with E-state index in [1.807, 2.05) is 17.0 Å². The first-order chi connectivity index (χ1) is 10.8. The molecule has 0 unspecified atom stereocenters. The number of carbonyl (C=O) groups excluding carboxylic acids is 1. The van der Waals surface area contributed by atoms with Crippen molar-refractivity contribution in [2.45, 2.75) is 32.1 Å². The van der Waals surface area contributed by atoms with Gasteiger partial charge in [0.15, 0.2) is 5.82 Å². The number of aromatic nitrogens is 2. The zero-order valence-corrected chi connectivity index (χ0v) is 13.2. The number of hydrogen-bond donors (Lipinski definition) is 0. The first-order valence-corrected chi connectivity index (χ1v) is 8.16. The largest absolute Gasteiger partial charge is 0.480 e. The van der Waals surface area contributed by atoms with Crippen molar-refractivity contribution in [2.24, 2.45) is 5.92 Å². The number of ether oxygens (including phenoxy) is 1. The molecule has 1 aromatic rings. The van der Waals surface area contributed by atoms with Crippen LogP contribution in [0, 0.1) is 5.92 Å². The predicted molar refractivity (Wildman–Crippen MR) is 84.0 cm³/mol. The van der Waals surface area contributed by atoms with E-state index in [0.29, 0.717) is 17.7 Å². The summed E-state index contributed by atoms with van der Waals surface area (Å²) in [6, 6.07) is 3.74. The van der Waals surface area contributed by atoms with Crippen LogP contribution in [0.4, 0.5) is 5.82 Å². The third-order valence-electron chi connectivity index (χ3n) is 4.73. The van der Waals surface area contributed by atoms with Gasteiger partial charge in [0.1, 0.15) is 0 Å². The number of nitrogens with zero attached hydrogens (tertiary/aromatic N) is 4. The van der Waals surface area contributed by atoms with Gasteiger partial charge in [-0.1, -0.05) is 12.8 Å². The van der Waals surface area contributed by atoms with Gasteiger partial charge in [-0.2, -0.15) is 0 Å². The molecule has 0 N–H and O–H groups in total. The summed E-state index contributed by atoms with van der Waals surface area (Å²) in [5, 5.41) is 8.17. The Morgan fingerprint density at radius 3 is 2.50 bits per heavy atom. The van der Waals surface area contributed by atoms with Crippen molar-refractivity contribution in [3.8, 4) is 5.88 Å². The summed E-state index contributed by atoms with van der Waals surface area (Å²) < 4.78 is 5.02. The molecule has 1 saturated carbocycles. The van der Waals surface area contributed by atoms with Gasteiger partial charge in [-0.05, 0) is 24.8 Å². The normalized spacial score (nSPS) is 19.5. The summed E-state index contributed by atoms with van der Waals surface area (Å²) in [6.07, 6.45) is 5.78. The number of amides is 1. The second-order valence-electron chi connectivity index (χ2n) is 6.16. The van der Waals surface area contributed by atoms with Crippen LogP contribution in [-0.2, 0) is 4.79 Å². The molecule has 6 heteroatoms. The van der Waals surface area contributed by atoms with E-state index in [1.54, 1.807) is 7.11 Å². The minimum absolute atomic E-state index is 0.326. The van der Waals surface area contributed by atoms with Crippen LogP contribution in [0.1, 0.15) is 32.1 Å². The molecule has 1 aliphatic heterocycles. The Bertz CT molecular complexity index is 491. The molecule has 0 aromatic carbocycles. The Labute approximate surface area is 131 Å². The fourth-order valence-corrected chi connectivity index (χ4v) is 3.37. The quantitative estimate of drug-likeness (QED) is 0.847. The lowest BCUT2D eigenvalue weighted by Gasteiger charge is -2.35. The SMILES string of the molecule is COc1ccc(N2CCN(C(=O)CC3CCCC3)CC2)nn1. The summed E-state index contributed by atoms with van der Waals surface area (Å²) in [6.45, 7) is 3.19. The standard InChI is InChI=1S/C16H24N4O2/c1-22-15-7-6-14(17-18-15)19-8-10-20(11-9-19)16(21)12-13-4-2-3-5-13/h6-7,13H,2-5,8-12H2,1H3. The molecule has 1 aromatic heterocycles. The number of rotatable bonds is 4. The van der Waals surface area contributed by atoms with Crippen molar-refractivity contribution in [3.05, 3.63) is 12.1 Å². The molecule has 0 spiro atoms. The Hall–Kier alpha value is -1.85. The van der Waals surface area contributed by atoms with E-state index >= 15 is 0 Å². The van der Waals surface area contributed by atoms with Crippen molar-refractivity contribution >= 4 is 11.7 Å². The second-order valence-corrected chi connectivity index (χ2v) is 6.16. The molecule has 1 saturated heterocycles. The zero-order valence-electron chi connectivity index (χ0n) is 13.2. The Balaban J connectivity index is 1.49. The van der Waals surface area contributed by atoms with E-state index in [4.69, 9.17) is 4.74 Å². The summed E-state index contributed by atoms with van der Waals surface area (Å²) in [4.78, 5) is 16.5. The highest BCUT2D eigenvalue weighted by Crippen LogP contribution is 2.28. The molecule has 3 rings (SSSR count). The van der Waals surface area contributed by atoms with Gasteiger partial charge in [0.05, 0.1) is 7.11 Å². The van der Waals surface area contributed by atoms with E-state index in [2.05, 4.69) is 15.1 Å². The monoisotopic (exact) mass is 304 g/mol. The lowest BCUT2D eigenvalue weighted by Crippen LogP contribution is -2.49. The Morgan fingerprint density at radius 2 is 1.91 bits per heavy atom. The van der Waals surface area contributed by atoms with Gasteiger partial charge < -0.3 is 14.5 Å². The number of piperazine rings is 1. The third-order valence-corrected chi connectivity index (χ3v) is 4.73. The van der Waals surface area contributed by atoms with Crippen molar-refractivity contribution in [3.63, 3.8) is 0 Å². The molecule has 120 valence electrons. The number of carbonyl (C=O) groups is 1. The van der Waals surface area contributed by atoms with Gasteiger partial charge in [0.25, 0.3) is 0 Å².